The monoisotopic (exact) mass is 571 g/mol. The number of fused-ring (bicyclic) bond motifs is 17. The Hall–Kier alpha value is -5.80. The lowest BCUT2D eigenvalue weighted by Crippen LogP contribution is -2.05. The Morgan fingerprint density at radius 3 is 2.02 bits per heavy atom. The molecule has 10 aromatic rings. The van der Waals surface area contributed by atoms with Crippen LogP contribution in [-0.2, 0) is 0 Å². The molecule has 0 N–H and O–H groups in total. The van der Waals surface area contributed by atoms with E-state index in [1.807, 2.05) is 0 Å². The number of rotatable bonds is 1. The van der Waals surface area contributed by atoms with Crippen LogP contribution in [0.25, 0.3) is 93.0 Å². The molecule has 6 aromatic carbocycles. The zero-order valence-corrected chi connectivity index (χ0v) is 24.3. The number of hydrogen-bond acceptors (Lipinski definition) is 0. The summed E-state index contributed by atoms with van der Waals surface area (Å²) in [5.41, 5.74) is 13.2. The molecule has 2 aliphatic rings. The van der Waals surface area contributed by atoms with Crippen LogP contribution in [0.2, 0.25) is 0 Å². The molecule has 3 nitrogen and oxygen atoms in total. The summed E-state index contributed by atoms with van der Waals surface area (Å²) < 4.78 is 7.71. The molecule has 0 radical (unpaired) electrons. The van der Waals surface area contributed by atoms with Crippen molar-refractivity contribution in [1.29, 1.82) is 0 Å². The number of aromatic nitrogens is 3. The lowest BCUT2D eigenvalue weighted by Gasteiger charge is -2.18. The molecule has 12 rings (SSSR count). The van der Waals surface area contributed by atoms with Crippen LogP contribution in [-0.4, -0.2) is 13.5 Å². The first-order chi connectivity index (χ1) is 22.4. The molecule has 0 bridgehead atoms. The van der Waals surface area contributed by atoms with Crippen LogP contribution < -0.4 is 0 Å². The second-order valence-corrected chi connectivity index (χ2v) is 12.8. The fourth-order valence-electron chi connectivity index (χ4n) is 9.21. The first kappa shape index (κ1) is 22.7. The summed E-state index contributed by atoms with van der Waals surface area (Å²) in [5, 5.41) is 10.6. The van der Waals surface area contributed by atoms with Crippen molar-refractivity contribution >= 4 is 87.3 Å². The second kappa shape index (κ2) is 7.64. The minimum absolute atomic E-state index is 0.348. The van der Waals surface area contributed by atoms with E-state index in [0.29, 0.717) is 6.04 Å². The van der Waals surface area contributed by atoms with Crippen LogP contribution in [0.3, 0.4) is 0 Å². The van der Waals surface area contributed by atoms with Crippen LogP contribution in [0.5, 0.6) is 0 Å². The average molecular weight is 572 g/mol. The van der Waals surface area contributed by atoms with Gasteiger partial charge in [-0.2, -0.15) is 0 Å². The maximum absolute atomic E-state index is 2.63. The third-order valence-corrected chi connectivity index (χ3v) is 10.8. The van der Waals surface area contributed by atoms with Gasteiger partial charge in [0.25, 0.3) is 0 Å². The highest BCUT2D eigenvalue weighted by Crippen LogP contribution is 2.52. The predicted molar refractivity (Wildman–Crippen MR) is 189 cm³/mol. The summed E-state index contributed by atoms with van der Waals surface area (Å²) in [7, 11) is 0. The topological polar surface area (TPSA) is 14.3 Å². The van der Waals surface area contributed by atoms with Gasteiger partial charge in [-0.1, -0.05) is 103 Å². The molecule has 0 saturated heterocycles. The summed E-state index contributed by atoms with van der Waals surface area (Å²) >= 11 is 0. The maximum atomic E-state index is 2.63. The number of para-hydroxylation sites is 4. The highest BCUT2D eigenvalue weighted by atomic mass is 15.1. The molecule has 1 aliphatic carbocycles. The van der Waals surface area contributed by atoms with E-state index < -0.39 is 0 Å². The lowest BCUT2D eigenvalue weighted by atomic mass is 9.94. The maximum Gasteiger partial charge on any atom is 0.0641 e. The van der Waals surface area contributed by atoms with Crippen LogP contribution in [0.4, 0.5) is 0 Å². The van der Waals surface area contributed by atoms with Gasteiger partial charge in [-0.25, -0.2) is 0 Å². The van der Waals surface area contributed by atoms with E-state index in [-0.39, 0.29) is 0 Å². The van der Waals surface area contributed by atoms with Crippen molar-refractivity contribution in [3.8, 4) is 5.69 Å². The van der Waals surface area contributed by atoms with Gasteiger partial charge in [0.1, 0.15) is 0 Å². The van der Waals surface area contributed by atoms with Gasteiger partial charge in [0.05, 0.1) is 44.7 Å². The third kappa shape index (κ3) is 2.48. The summed E-state index contributed by atoms with van der Waals surface area (Å²) in [6.07, 6.45) is 7.90. The predicted octanol–water partition coefficient (Wildman–Crippen LogP) is 10.9. The van der Waals surface area contributed by atoms with Crippen LogP contribution in [0, 0.1) is 0 Å². The van der Waals surface area contributed by atoms with E-state index in [4.69, 9.17) is 0 Å². The zero-order valence-electron chi connectivity index (χ0n) is 24.3. The van der Waals surface area contributed by atoms with Crippen molar-refractivity contribution in [2.24, 2.45) is 0 Å². The largest absolute Gasteiger partial charge is 0.332 e. The molecule has 45 heavy (non-hydrogen) atoms. The van der Waals surface area contributed by atoms with Gasteiger partial charge in [0, 0.05) is 54.3 Å². The number of hydrogen-bond donors (Lipinski definition) is 0. The van der Waals surface area contributed by atoms with Gasteiger partial charge in [-0.15, -0.1) is 0 Å². The molecule has 1 unspecified atom stereocenters. The van der Waals surface area contributed by atoms with Crippen LogP contribution in [0.15, 0.2) is 133 Å². The van der Waals surface area contributed by atoms with Gasteiger partial charge >= 0.3 is 0 Å². The Morgan fingerprint density at radius 1 is 0.489 bits per heavy atom. The fraction of sp³-hybridized carbons (Fsp3) is 0.0476. The molecule has 0 fully saturated rings. The molecule has 1 atom stereocenters. The molecular formula is C42H25N3. The molecule has 208 valence electrons. The normalized spacial score (nSPS) is 16.2. The van der Waals surface area contributed by atoms with Gasteiger partial charge < -0.3 is 13.5 Å². The molecule has 3 heteroatoms. The van der Waals surface area contributed by atoms with E-state index >= 15 is 0 Å². The minimum Gasteiger partial charge on any atom is -0.332 e. The van der Waals surface area contributed by atoms with E-state index in [9.17, 15) is 0 Å². The zero-order chi connectivity index (χ0) is 29.0. The van der Waals surface area contributed by atoms with E-state index in [2.05, 4.69) is 147 Å². The Kier molecular flexibility index (Phi) is 3.85. The number of benzene rings is 6. The molecule has 5 heterocycles. The van der Waals surface area contributed by atoms with Gasteiger partial charge in [0.15, 0.2) is 0 Å². The van der Waals surface area contributed by atoms with Crippen molar-refractivity contribution in [3.05, 3.63) is 139 Å². The molecular weight excluding hydrogens is 546 g/mol. The standard InChI is InChI=1S/C42H25N3/c1-2-10-24(11-3-1)43-41-29(20-22-35-37(41)31-16-8-14-27-25-12-4-6-18-33(25)44(35)39(27)31)30-21-23-36-38(42(30)43)32-17-9-15-28-26-13-5-7-19-34(26)45(36)40(28)32/h1-18,20-23,34H,19H2. The van der Waals surface area contributed by atoms with Crippen molar-refractivity contribution in [2.45, 2.75) is 12.5 Å². The van der Waals surface area contributed by atoms with Crippen molar-refractivity contribution in [1.82, 2.24) is 13.5 Å². The summed E-state index contributed by atoms with van der Waals surface area (Å²) in [5.74, 6) is 0. The Bertz CT molecular complexity index is 3000. The molecule has 4 aromatic heterocycles. The molecule has 0 amide bonds. The molecule has 1 aliphatic heterocycles. The Labute approximate surface area is 257 Å². The summed E-state index contributed by atoms with van der Waals surface area (Å²) in [6.45, 7) is 0. The van der Waals surface area contributed by atoms with Crippen molar-refractivity contribution < 1.29 is 0 Å². The summed E-state index contributed by atoms with van der Waals surface area (Å²) in [4.78, 5) is 0. The third-order valence-electron chi connectivity index (χ3n) is 10.8. The Morgan fingerprint density at radius 2 is 1.16 bits per heavy atom. The van der Waals surface area contributed by atoms with E-state index in [1.54, 1.807) is 0 Å². The van der Waals surface area contributed by atoms with Gasteiger partial charge in [0.2, 0.25) is 0 Å². The highest BCUT2D eigenvalue weighted by Gasteiger charge is 2.33. The SMILES string of the molecule is C1=CCC2C(=C1)c1cccc3c4c5c(ccc4n2c13)c1ccc2c(c3cccc4c6ccccc6n2c43)c1n5-c1ccccc1. The highest BCUT2D eigenvalue weighted by molar-refractivity contribution is 6.34. The van der Waals surface area contributed by atoms with Crippen molar-refractivity contribution in [3.63, 3.8) is 0 Å². The Balaban J connectivity index is 1.36. The minimum atomic E-state index is 0.348. The summed E-state index contributed by atoms with van der Waals surface area (Å²) in [6, 6.07) is 43.5. The van der Waals surface area contributed by atoms with Gasteiger partial charge in [-0.05, 0) is 42.3 Å². The molecule has 0 spiro atoms. The second-order valence-electron chi connectivity index (χ2n) is 12.8. The fourth-order valence-corrected chi connectivity index (χ4v) is 9.21. The quantitative estimate of drug-likeness (QED) is 0.186. The number of nitrogens with zero attached hydrogens (tertiary/aromatic N) is 3. The first-order valence-electron chi connectivity index (χ1n) is 15.9. The molecule has 0 saturated carbocycles. The smallest absolute Gasteiger partial charge is 0.0641 e. The van der Waals surface area contributed by atoms with Crippen LogP contribution in [0.1, 0.15) is 18.0 Å². The van der Waals surface area contributed by atoms with Crippen molar-refractivity contribution in [2.75, 3.05) is 0 Å². The average Bonchev–Trinajstić information content (AvgIpc) is 3.88. The lowest BCUT2D eigenvalue weighted by molar-refractivity contribution is 0.685. The van der Waals surface area contributed by atoms with E-state index in [0.717, 1.165) is 6.42 Å². The first-order valence-corrected chi connectivity index (χ1v) is 15.9. The van der Waals surface area contributed by atoms with Gasteiger partial charge in [-0.3, -0.25) is 0 Å². The van der Waals surface area contributed by atoms with E-state index in [1.165, 1.54) is 98.5 Å². The van der Waals surface area contributed by atoms with Crippen LogP contribution >= 0.6 is 0 Å². The number of allylic oxidation sites excluding steroid dienone is 4.